The highest BCUT2D eigenvalue weighted by molar-refractivity contribution is 5.05. The second kappa shape index (κ2) is 5.85. The summed E-state index contributed by atoms with van der Waals surface area (Å²) in [5, 5.41) is 10.3. The Morgan fingerprint density at radius 1 is 1.41 bits per heavy atom. The monoisotopic (exact) mass is 241 g/mol. The lowest BCUT2D eigenvalue weighted by atomic mass is 10.1. The van der Waals surface area contributed by atoms with E-state index in [0.29, 0.717) is 25.0 Å². The van der Waals surface area contributed by atoms with Crippen molar-refractivity contribution in [3.63, 3.8) is 0 Å². The summed E-state index contributed by atoms with van der Waals surface area (Å²) in [7, 11) is 0. The third kappa shape index (κ3) is 3.21. The maximum absolute atomic E-state index is 10.3. The predicted octanol–water partition coefficient (Wildman–Crippen LogP) is 1.15. The van der Waals surface area contributed by atoms with Crippen molar-refractivity contribution in [2.45, 2.75) is 44.9 Å². The van der Waals surface area contributed by atoms with Crippen LogP contribution in [-0.4, -0.2) is 54.6 Å². The predicted molar refractivity (Wildman–Crippen MR) is 65.7 cm³/mol. The first kappa shape index (κ1) is 12.9. The van der Waals surface area contributed by atoms with Gasteiger partial charge in [-0.25, -0.2) is 0 Å². The zero-order chi connectivity index (χ0) is 12.3. The van der Waals surface area contributed by atoms with E-state index in [2.05, 4.69) is 18.7 Å². The second-order valence-corrected chi connectivity index (χ2v) is 5.04. The molecule has 1 saturated heterocycles. The summed E-state index contributed by atoms with van der Waals surface area (Å²) in [4.78, 5) is 2.33. The van der Waals surface area contributed by atoms with Crippen LogP contribution < -0.4 is 0 Å². The van der Waals surface area contributed by atoms with Crippen molar-refractivity contribution in [3.8, 4) is 0 Å². The minimum Gasteiger partial charge on any atom is -0.495 e. The van der Waals surface area contributed by atoms with Gasteiger partial charge in [-0.15, -0.1) is 0 Å². The number of nitrogens with zero attached hydrogens (tertiary/aromatic N) is 1. The van der Waals surface area contributed by atoms with E-state index in [1.54, 1.807) is 0 Å². The van der Waals surface area contributed by atoms with Crippen molar-refractivity contribution >= 4 is 0 Å². The third-order valence-electron chi connectivity index (χ3n) is 3.46. The molecule has 0 saturated carbocycles. The smallest absolute Gasteiger partial charge is 0.138 e. The Hall–Kier alpha value is -0.580. The van der Waals surface area contributed by atoms with E-state index in [1.807, 2.05) is 6.08 Å². The quantitative estimate of drug-likeness (QED) is 0.805. The summed E-state index contributed by atoms with van der Waals surface area (Å²) < 4.78 is 11.2. The Bertz CT molecular complexity index is 278. The number of ether oxygens (including phenoxy) is 2. The third-order valence-corrected chi connectivity index (χ3v) is 3.46. The van der Waals surface area contributed by atoms with E-state index in [9.17, 15) is 5.11 Å². The molecule has 0 aromatic rings. The molecule has 2 heterocycles. The van der Waals surface area contributed by atoms with Gasteiger partial charge < -0.3 is 14.6 Å². The number of aliphatic hydroxyl groups is 1. The van der Waals surface area contributed by atoms with Crippen LogP contribution in [0.1, 0.15) is 26.7 Å². The van der Waals surface area contributed by atoms with Gasteiger partial charge in [-0.05, 0) is 32.8 Å². The van der Waals surface area contributed by atoms with E-state index >= 15 is 0 Å². The highest BCUT2D eigenvalue weighted by atomic mass is 16.5. The molecule has 4 nitrogen and oxygen atoms in total. The van der Waals surface area contributed by atoms with E-state index in [1.165, 1.54) is 0 Å². The highest BCUT2D eigenvalue weighted by Crippen LogP contribution is 2.20. The summed E-state index contributed by atoms with van der Waals surface area (Å²) in [5.74, 6) is 0.701. The molecule has 0 aromatic carbocycles. The zero-order valence-electron chi connectivity index (χ0n) is 10.8. The number of allylic oxidation sites excluding steroid dienone is 1. The fourth-order valence-corrected chi connectivity index (χ4v) is 2.32. The van der Waals surface area contributed by atoms with Gasteiger partial charge in [0.1, 0.15) is 18.0 Å². The molecule has 1 fully saturated rings. The molecule has 2 rings (SSSR count). The number of hydrogen-bond donors (Lipinski definition) is 1. The van der Waals surface area contributed by atoms with Crippen LogP contribution in [-0.2, 0) is 9.47 Å². The van der Waals surface area contributed by atoms with Crippen molar-refractivity contribution in [1.29, 1.82) is 0 Å². The van der Waals surface area contributed by atoms with Crippen LogP contribution in [0.5, 0.6) is 0 Å². The van der Waals surface area contributed by atoms with Crippen LogP contribution in [0, 0.1) is 0 Å². The van der Waals surface area contributed by atoms with Gasteiger partial charge in [-0.1, -0.05) is 0 Å². The average molecular weight is 241 g/mol. The maximum Gasteiger partial charge on any atom is 0.138 e. The molecule has 17 heavy (non-hydrogen) atoms. The molecule has 2 aliphatic heterocycles. The first-order chi connectivity index (χ1) is 8.18. The van der Waals surface area contributed by atoms with Gasteiger partial charge in [-0.2, -0.15) is 0 Å². The van der Waals surface area contributed by atoms with Crippen LogP contribution in [0.25, 0.3) is 0 Å². The van der Waals surface area contributed by atoms with Crippen molar-refractivity contribution in [2.75, 3.05) is 26.3 Å². The van der Waals surface area contributed by atoms with Crippen LogP contribution in [0.4, 0.5) is 0 Å². The van der Waals surface area contributed by atoms with Gasteiger partial charge in [0.15, 0.2) is 0 Å². The molecule has 0 aliphatic carbocycles. The van der Waals surface area contributed by atoms with Crippen LogP contribution >= 0.6 is 0 Å². The van der Waals surface area contributed by atoms with Crippen molar-refractivity contribution < 1.29 is 14.6 Å². The average Bonchev–Trinajstić information content (AvgIpc) is 2.39. The first-order valence-electron chi connectivity index (χ1n) is 6.55. The fraction of sp³-hybridized carbons (Fsp3) is 0.846. The minimum absolute atomic E-state index is 0.157. The largest absolute Gasteiger partial charge is 0.495 e. The molecular weight excluding hydrogens is 218 g/mol. The van der Waals surface area contributed by atoms with Crippen LogP contribution in [0.3, 0.4) is 0 Å². The molecule has 0 amide bonds. The highest BCUT2D eigenvalue weighted by Gasteiger charge is 2.31. The molecule has 2 atom stereocenters. The second-order valence-electron chi connectivity index (χ2n) is 5.04. The Labute approximate surface area is 103 Å². The molecule has 98 valence electrons. The molecule has 0 aromatic heterocycles. The molecule has 0 bridgehead atoms. The zero-order valence-corrected chi connectivity index (χ0v) is 10.8. The number of aliphatic hydroxyl groups excluding tert-OH is 1. The fourth-order valence-electron chi connectivity index (χ4n) is 2.32. The summed E-state index contributed by atoms with van der Waals surface area (Å²) in [5.41, 5.74) is 0. The molecule has 0 radical (unpaired) electrons. The molecule has 1 N–H and O–H groups in total. The molecule has 4 heteroatoms. The lowest BCUT2D eigenvalue weighted by molar-refractivity contribution is -0.0974. The van der Waals surface area contributed by atoms with E-state index in [0.717, 1.165) is 25.9 Å². The van der Waals surface area contributed by atoms with Crippen LogP contribution in [0.2, 0.25) is 0 Å². The number of hydrogen-bond acceptors (Lipinski definition) is 4. The van der Waals surface area contributed by atoms with E-state index < -0.39 is 6.10 Å². The topological polar surface area (TPSA) is 41.9 Å². The first-order valence-corrected chi connectivity index (χ1v) is 6.55. The minimum atomic E-state index is -0.614. The molecule has 2 unspecified atom stereocenters. The van der Waals surface area contributed by atoms with Crippen molar-refractivity contribution in [1.82, 2.24) is 4.90 Å². The van der Waals surface area contributed by atoms with Gasteiger partial charge >= 0.3 is 0 Å². The van der Waals surface area contributed by atoms with Gasteiger partial charge in [0.25, 0.3) is 0 Å². The normalized spacial score (nSPS) is 28.7. The standard InChI is InChI=1S/C13H23NO3/c1-10(2)14-6-8-17-12(9-14)13(15)11-5-3-4-7-16-11/h5,10,12-13,15H,3-4,6-9H2,1-2H3. The summed E-state index contributed by atoms with van der Waals surface area (Å²) in [6, 6.07) is 0.495. The van der Waals surface area contributed by atoms with Gasteiger partial charge in [0.05, 0.1) is 13.2 Å². The van der Waals surface area contributed by atoms with Gasteiger partial charge in [-0.3, -0.25) is 4.90 Å². The lowest BCUT2D eigenvalue weighted by Crippen LogP contribution is -2.50. The number of morpholine rings is 1. The lowest BCUT2D eigenvalue weighted by Gasteiger charge is -2.38. The molecular formula is C13H23NO3. The van der Waals surface area contributed by atoms with E-state index in [-0.39, 0.29) is 6.10 Å². The molecule has 2 aliphatic rings. The SMILES string of the molecule is CC(C)N1CCOC(C(O)C2=CCCCO2)C1. The Kier molecular flexibility index (Phi) is 4.42. The Balaban J connectivity index is 1.94. The summed E-state index contributed by atoms with van der Waals surface area (Å²) in [6.45, 7) is 7.47. The Morgan fingerprint density at radius 2 is 2.24 bits per heavy atom. The van der Waals surface area contributed by atoms with Crippen molar-refractivity contribution in [2.24, 2.45) is 0 Å². The maximum atomic E-state index is 10.3. The van der Waals surface area contributed by atoms with E-state index in [4.69, 9.17) is 9.47 Å². The van der Waals surface area contributed by atoms with Gasteiger partial charge in [0, 0.05) is 19.1 Å². The summed E-state index contributed by atoms with van der Waals surface area (Å²) >= 11 is 0. The summed E-state index contributed by atoms with van der Waals surface area (Å²) in [6.07, 6.45) is 3.26. The number of rotatable bonds is 3. The van der Waals surface area contributed by atoms with Crippen LogP contribution in [0.15, 0.2) is 11.8 Å². The molecule has 0 spiro atoms. The van der Waals surface area contributed by atoms with Gasteiger partial charge in [0.2, 0.25) is 0 Å². The van der Waals surface area contributed by atoms with Crippen molar-refractivity contribution in [3.05, 3.63) is 11.8 Å². The Morgan fingerprint density at radius 3 is 2.88 bits per heavy atom.